The SMILES string of the molecule is O=C(O)c1nnn(CCO)c1-c1ccccc1. The maximum atomic E-state index is 11.0. The Kier molecular flexibility index (Phi) is 3.15. The fourth-order valence-electron chi connectivity index (χ4n) is 1.59. The molecule has 0 aliphatic rings. The van der Waals surface area contributed by atoms with Gasteiger partial charge in [0.25, 0.3) is 0 Å². The number of hydrogen-bond acceptors (Lipinski definition) is 4. The van der Waals surface area contributed by atoms with Crippen molar-refractivity contribution in [3.8, 4) is 11.3 Å². The van der Waals surface area contributed by atoms with Crippen molar-refractivity contribution in [3.05, 3.63) is 36.0 Å². The Balaban J connectivity index is 2.56. The summed E-state index contributed by atoms with van der Waals surface area (Å²) in [5.41, 5.74) is 1.01. The van der Waals surface area contributed by atoms with E-state index in [-0.39, 0.29) is 18.8 Å². The molecule has 17 heavy (non-hydrogen) atoms. The predicted molar refractivity (Wildman–Crippen MR) is 59.5 cm³/mol. The van der Waals surface area contributed by atoms with Crippen molar-refractivity contribution in [2.75, 3.05) is 6.61 Å². The Labute approximate surface area is 97.1 Å². The monoisotopic (exact) mass is 233 g/mol. The molecule has 0 radical (unpaired) electrons. The summed E-state index contributed by atoms with van der Waals surface area (Å²) in [5, 5.41) is 25.3. The van der Waals surface area contributed by atoms with Crippen LogP contribution < -0.4 is 0 Å². The molecule has 0 saturated heterocycles. The number of aliphatic hydroxyl groups excluding tert-OH is 1. The average molecular weight is 233 g/mol. The number of carbonyl (C=O) groups is 1. The second-order valence-electron chi connectivity index (χ2n) is 3.40. The molecule has 0 saturated carbocycles. The van der Waals surface area contributed by atoms with Crippen LogP contribution >= 0.6 is 0 Å². The van der Waals surface area contributed by atoms with Gasteiger partial charge in [-0.25, -0.2) is 9.48 Å². The molecule has 1 heterocycles. The smallest absolute Gasteiger partial charge is 0.358 e. The fraction of sp³-hybridized carbons (Fsp3) is 0.182. The van der Waals surface area contributed by atoms with Gasteiger partial charge < -0.3 is 10.2 Å². The zero-order valence-corrected chi connectivity index (χ0v) is 8.95. The Bertz CT molecular complexity index is 522. The molecule has 0 amide bonds. The maximum absolute atomic E-state index is 11.0. The van der Waals surface area contributed by atoms with E-state index in [9.17, 15) is 4.79 Å². The third-order valence-electron chi connectivity index (χ3n) is 2.30. The molecule has 88 valence electrons. The Morgan fingerprint density at radius 1 is 1.29 bits per heavy atom. The zero-order valence-electron chi connectivity index (χ0n) is 8.95. The molecule has 0 spiro atoms. The van der Waals surface area contributed by atoms with Crippen molar-refractivity contribution >= 4 is 5.97 Å². The van der Waals surface area contributed by atoms with E-state index in [2.05, 4.69) is 10.3 Å². The van der Waals surface area contributed by atoms with Crippen molar-refractivity contribution in [1.29, 1.82) is 0 Å². The van der Waals surface area contributed by atoms with E-state index in [0.717, 1.165) is 0 Å². The first kappa shape index (κ1) is 11.3. The molecule has 0 fully saturated rings. The van der Waals surface area contributed by atoms with E-state index in [1.807, 2.05) is 6.07 Å². The molecule has 6 nitrogen and oxygen atoms in total. The molecule has 0 aliphatic heterocycles. The molecule has 0 aliphatic carbocycles. The van der Waals surface area contributed by atoms with Crippen molar-refractivity contribution in [3.63, 3.8) is 0 Å². The fourth-order valence-corrected chi connectivity index (χ4v) is 1.59. The highest BCUT2D eigenvalue weighted by molar-refractivity contribution is 5.92. The van der Waals surface area contributed by atoms with Gasteiger partial charge in [-0.05, 0) is 0 Å². The molecular weight excluding hydrogens is 222 g/mol. The molecule has 1 aromatic carbocycles. The molecule has 0 bridgehead atoms. The minimum Gasteiger partial charge on any atom is -0.476 e. The van der Waals surface area contributed by atoms with Gasteiger partial charge in [-0.15, -0.1) is 5.10 Å². The first-order valence-corrected chi connectivity index (χ1v) is 5.07. The Hall–Kier alpha value is -2.21. The number of carboxylic acids is 1. The summed E-state index contributed by atoms with van der Waals surface area (Å²) in [7, 11) is 0. The minimum atomic E-state index is -1.13. The highest BCUT2D eigenvalue weighted by atomic mass is 16.4. The van der Waals surface area contributed by atoms with Crippen LogP contribution in [0.4, 0.5) is 0 Å². The summed E-state index contributed by atoms with van der Waals surface area (Å²) in [4.78, 5) is 11.0. The molecular formula is C11H11N3O3. The van der Waals surface area contributed by atoms with Gasteiger partial charge >= 0.3 is 5.97 Å². The van der Waals surface area contributed by atoms with Crippen LogP contribution in [0.2, 0.25) is 0 Å². The molecule has 2 N–H and O–H groups in total. The van der Waals surface area contributed by atoms with Crippen molar-refractivity contribution < 1.29 is 15.0 Å². The first-order valence-electron chi connectivity index (χ1n) is 5.07. The van der Waals surface area contributed by atoms with Gasteiger partial charge in [0.15, 0.2) is 5.69 Å². The normalized spacial score (nSPS) is 10.4. The van der Waals surface area contributed by atoms with E-state index in [1.165, 1.54) is 4.68 Å². The van der Waals surface area contributed by atoms with E-state index < -0.39 is 5.97 Å². The highest BCUT2D eigenvalue weighted by Crippen LogP contribution is 2.21. The van der Waals surface area contributed by atoms with Gasteiger partial charge in [0.05, 0.1) is 13.2 Å². The highest BCUT2D eigenvalue weighted by Gasteiger charge is 2.19. The Morgan fingerprint density at radius 3 is 2.59 bits per heavy atom. The number of benzene rings is 1. The lowest BCUT2D eigenvalue weighted by atomic mass is 10.1. The van der Waals surface area contributed by atoms with Crippen LogP contribution in [0.15, 0.2) is 30.3 Å². The maximum Gasteiger partial charge on any atom is 0.358 e. The van der Waals surface area contributed by atoms with Crippen LogP contribution in [0.5, 0.6) is 0 Å². The average Bonchev–Trinajstić information content (AvgIpc) is 2.74. The predicted octanol–water partition coefficient (Wildman–Crippen LogP) is 0.636. The second kappa shape index (κ2) is 4.75. The number of aromatic carboxylic acids is 1. The van der Waals surface area contributed by atoms with E-state index in [0.29, 0.717) is 11.3 Å². The van der Waals surface area contributed by atoms with E-state index >= 15 is 0 Å². The largest absolute Gasteiger partial charge is 0.476 e. The molecule has 2 rings (SSSR count). The number of aromatic nitrogens is 3. The molecule has 0 unspecified atom stereocenters. The number of carboxylic acid groups (broad SMARTS) is 1. The van der Waals surface area contributed by atoms with Crippen LogP contribution in [0, 0.1) is 0 Å². The quantitative estimate of drug-likeness (QED) is 0.808. The van der Waals surface area contributed by atoms with Crippen LogP contribution in [-0.2, 0) is 6.54 Å². The summed E-state index contributed by atoms with van der Waals surface area (Å²) >= 11 is 0. The summed E-state index contributed by atoms with van der Waals surface area (Å²) in [6.07, 6.45) is 0. The third kappa shape index (κ3) is 2.16. The number of nitrogens with zero attached hydrogens (tertiary/aromatic N) is 3. The van der Waals surface area contributed by atoms with Gasteiger partial charge in [-0.3, -0.25) is 0 Å². The minimum absolute atomic E-state index is 0.107. The van der Waals surface area contributed by atoms with Crippen LogP contribution in [0.25, 0.3) is 11.3 Å². The number of aliphatic hydroxyl groups is 1. The van der Waals surface area contributed by atoms with Gasteiger partial charge in [-0.1, -0.05) is 35.5 Å². The Morgan fingerprint density at radius 2 is 2.00 bits per heavy atom. The number of rotatable bonds is 4. The van der Waals surface area contributed by atoms with Crippen molar-refractivity contribution in [2.45, 2.75) is 6.54 Å². The van der Waals surface area contributed by atoms with Crippen molar-refractivity contribution in [1.82, 2.24) is 15.0 Å². The molecule has 0 atom stereocenters. The number of hydrogen-bond donors (Lipinski definition) is 2. The zero-order chi connectivity index (χ0) is 12.3. The lowest BCUT2D eigenvalue weighted by Crippen LogP contribution is -2.07. The summed E-state index contributed by atoms with van der Waals surface area (Å²) in [5.74, 6) is -1.13. The topological polar surface area (TPSA) is 88.2 Å². The summed E-state index contributed by atoms with van der Waals surface area (Å²) in [6.45, 7) is 0.0900. The molecule has 6 heteroatoms. The summed E-state index contributed by atoms with van der Waals surface area (Å²) in [6, 6.07) is 9.00. The lowest BCUT2D eigenvalue weighted by Gasteiger charge is -2.05. The third-order valence-corrected chi connectivity index (χ3v) is 2.30. The first-order chi connectivity index (χ1) is 8.24. The molecule has 2 aromatic rings. The van der Waals surface area contributed by atoms with Gasteiger partial charge in [0.1, 0.15) is 5.69 Å². The van der Waals surface area contributed by atoms with Crippen LogP contribution in [0.1, 0.15) is 10.5 Å². The molecule has 1 aromatic heterocycles. The van der Waals surface area contributed by atoms with Crippen LogP contribution in [0.3, 0.4) is 0 Å². The van der Waals surface area contributed by atoms with Gasteiger partial charge in [-0.2, -0.15) is 0 Å². The summed E-state index contributed by atoms with van der Waals surface area (Å²) < 4.78 is 1.39. The van der Waals surface area contributed by atoms with E-state index in [4.69, 9.17) is 10.2 Å². The van der Waals surface area contributed by atoms with Gasteiger partial charge in [0, 0.05) is 5.56 Å². The van der Waals surface area contributed by atoms with Crippen molar-refractivity contribution in [2.24, 2.45) is 0 Å². The standard InChI is InChI=1S/C11H11N3O3/c15-7-6-14-10(8-4-2-1-3-5-8)9(11(16)17)12-13-14/h1-5,15H,6-7H2,(H,16,17). The van der Waals surface area contributed by atoms with Gasteiger partial charge in [0.2, 0.25) is 0 Å². The lowest BCUT2D eigenvalue weighted by molar-refractivity contribution is 0.0691. The van der Waals surface area contributed by atoms with Crippen LogP contribution in [-0.4, -0.2) is 37.8 Å². The van der Waals surface area contributed by atoms with E-state index in [1.54, 1.807) is 24.3 Å². The second-order valence-corrected chi connectivity index (χ2v) is 3.40.